The fourth-order valence-electron chi connectivity index (χ4n) is 3.69. The van der Waals surface area contributed by atoms with Crippen LogP contribution >= 0.6 is 11.3 Å². The van der Waals surface area contributed by atoms with E-state index in [0.29, 0.717) is 22.3 Å². The monoisotopic (exact) mass is 417 g/mol. The Balaban J connectivity index is 1.51. The predicted octanol–water partition coefficient (Wildman–Crippen LogP) is 4.26. The third-order valence-electron chi connectivity index (χ3n) is 5.12. The van der Waals surface area contributed by atoms with Gasteiger partial charge in [-0.15, -0.1) is 11.3 Å². The molecule has 1 aromatic carbocycles. The van der Waals surface area contributed by atoms with Gasteiger partial charge in [-0.1, -0.05) is 12.1 Å². The first-order valence-corrected chi connectivity index (χ1v) is 10.2. The molecule has 1 aliphatic heterocycles. The van der Waals surface area contributed by atoms with Gasteiger partial charge in [0.05, 0.1) is 10.2 Å². The minimum atomic E-state index is -4.42. The molecule has 150 valence electrons. The van der Waals surface area contributed by atoms with Gasteiger partial charge in [-0.3, -0.25) is 4.90 Å². The van der Waals surface area contributed by atoms with Crippen molar-refractivity contribution in [2.45, 2.75) is 12.7 Å². The van der Waals surface area contributed by atoms with Crippen LogP contribution in [-0.4, -0.2) is 46.0 Å². The summed E-state index contributed by atoms with van der Waals surface area (Å²) < 4.78 is 40.3. The number of aromatic amines is 1. The number of fused-ring (bicyclic) bond motifs is 2. The second-order valence-corrected chi connectivity index (χ2v) is 8.30. The van der Waals surface area contributed by atoms with Gasteiger partial charge in [0.2, 0.25) is 0 Å². The largest absolute Gasteiger partial charge is 0.431 e. The number of benzene rings is 1. The average molecular weight is 417 g/mol. The highest BCUT2D eigenvalue weighted by Gasteiger charge is 2.33. The Morgan fingerprint density at radius 2 is 1.97 bits per heavy atom. The van der Waals surface area contributed by atoms with Gasteiger partial charge in [0, 0.05) is 60.3 Å². The quantitative estimate of drug-likeness (QED) is 0.523. The van der Waals surface area contributed by atoms with Crippen LogP contribution in [-0.2, 0) is 12.7 Å². The topological polar surface area (TPSA) is 56.8 Å². The van der Waals surface area contributed by atoms with E-state index >= 15 is 0 Å². The number of thiophene rings is 1. The smallest absolute Gasteiger partial charge is 0.351 e. The van der Waals surface area contributed by atoms with Crippen LogP contribution in [0, 0.1) is 0 Å². The molecule has 4 heterocycles. The van der Waals surface area contributed by atoms with Crippen molar-refractivity contribution in [1.29, 1.82) is 0 Å². The van der Waals surface area contributed by atoms with E-state index in [1.54, 1.807) is 35.7 Å². The second kappa shape index (κ2) is 7.08. The molecule has 0 saturated carbocycles. The van der Waals surface area contributed by atoms with Crippen LogP contribution in [0.15, 0.2) is 36.5 Å². The highest BCUT2D eigenvalue weighted by Crippen LogP contribution is 2.35. The predicted molar refractivity (Wildman–Crippen MR) is 108 cm³/mol. The van der Waals surface area contributed by atoms with Crippen LogP contribution in [0.4, 0.5) is 13.2 Å². The molecule has 0 spiro atoms. The number of aromatic nitrogens is 3. The number of alkyl halides is 3. The van der Waals surface area contributed by atoms with Gasteiger partial charge in [0.15, 0.2) is 5.82 Å². The van der Waals surface area contributed by atoms with E-state index in [1.807, 2.05) is 0 Å². The molecule has 0 radical (unpaired) electrons. The molecule has 9 heteroatoms. The molecule has 5 rings (SSSR count). The first-order valence-electron chi connectivity index (χ1n) is 9.35. The average Bonchev–Trinajstić information content (AvgIpc) is 3.31. The molecule has 0 bridgehead atoms. The third-order valence-corrected chi connectivity index (χ3v) is 6.16. The van der Waals surface area contributed by atoms with E-state index < -0.39 is 11.9 Å². The maximum absolute atomic E-state index is 13.1. The number of rotatable bonds is 3. The van der Waals surface area contributed by atoms with Crippen LogP contribution in [0.2, 0.25) is 0 Å². The van der Waals surface area contributed by atoms with Gasteiger partial charge in [-0.05, 0) is 18.2 Å². The highest BCUT2D eigenvalue weighted by molar-refractivity contribution is 7.18. The Labute approximate surface area is 168 Å². The van der Waals surface area contributed by atoms with Crippen LogP contribution < -0.4 is 5.32 Å². The Bertz CT molecular complexity index is 1170. The Morgan fingerprint density at radius 3 is 2.76 bits per heavy atom. The maximum Gasteiger partial charge on any atom is 0.431 e. The van der Waals surface area contributed by atoms with E-state index in [-0.39, 0.29) is 0 Å². The van der Waals surface area contributed by atoms with Crippen molar-refractivity contribution in [1.82, 2.24) is 25.2 Å². The summed E-state index contributed by atoms with van der Waals surface area (Å²) >= 11 is 1.66. The minimum absolute atomic E-state index is 0.420. The van der Waals surface area contributed by atoms with Crippen molar-refractivity contribution in [2.24, 2.45) is 0 Å². The summed E-state index contributed by atoms with van der Waals surface area (Å²) in [5.74, 6) is 0.433. The third kappa shape index (κ3) is 3.61. The van der Waals surface area contributed by atoms with Crippen LogP contribution in [0.5, 0.6) is 0 Å². The molecule has 0 aliphatic carbocycles. The lowest BCUT2D eigenvalue weighted by Crippen LogP contribution is -2.42. The first-order chi connectivity index (χ1) is 14.0. The van der Waals surface area contributed by atoms with Crippen LogP contribution in [0.1, 0.15) is 10.6 Å². The molecule has 0 amide bonds. The van der Waals surface area contributed by atoms with E-state index in [0.717, 1.165) is 49.0 Å². The summed E-state index contributed by atoms with van der Waals surface area (Å²) in [4.78, 5) is 15.1. The van der Waals surface area contributed by atoms with Crippen molar-refractivity contribution in [3.8, 4) is 11.4 Å². The number of nitrogens with one attached hydrogen (secondary N) is 2. The van der Waals surface area contributed by atoms with E-state index in [4.69, 9.17) is 0 Å². The minimum Gasteiger partial charge on any atom is -0.351 e. The zero-order chi connectivity index (χ0) is 20.0. The molecule has 29 heavy (non-hydrogen) atoms. The van der Waals surface area contributed by atoms with Gasteiger partial charge in [0.1, 0.15) is 5.69 Å². The fraction of sp³-hybridized carbons (Fsp3) is 0.300. The van der Waals surface area contributed by atoms with Gasteiger partial charge >= 0.3 is 6.18 Å². The number of piperazine rings is 1. The van der Waals surface area contributed by atoms with Gasteiger partial charge in [0.25, 0.3) is 0 Å². The maximum atomic E-state index is 13.1. The van der Waals surface area contributed by atoms with E-state index in [1.165, 1.54) is 4.88 Å². The fourth-order valence-corrected chi connectivity index (χ4v) is 4.70. The first kappa shape index (κ1) is 18.5. The molecule has 0 unspecified atom stereocenters. The zero-order valence-electron chi connectivity index (χ0n) is 15.4. The molecule has 1 aliphatic rings. The van der Waals surface area contributed by atoms with Crippen LogP contribution in [0.3, 0.4) is 0 Å². The molecular weight excluding hydrogens is 399 g/mol. The van der Waals surface area contributed by atoms with E-state index in [2.05, 4.69) is 31.2 Å². The molecular formula is C20H18F3N5S. The van der Waals surface area contributed by atoms with Crippen molar-refractivity contribution in [3.05, 3.63) is 47.1 Å². The van der Waals surface area contributed by atoms with Gasteiger partial charge in [-0.2, -0.15) is 13.2 Å². The van der Waals surface area contributed by atoms with Crippen molar-refractivity contribution >= 4 is 32.5 Å². The van der Waals surface area contributed by atoms with E-state index in [9.17, 15) is 13.2 Å². The standard InChI is InChI=1S/C20H18F3N5S/c21-20(22,23)18-9-14-13(2-1-3-15(14)26-18)19-25-10-17-16(27-19)8-12(29-17)11-28-6-4-24-5-7-28/h1-3,8-10,24,26H,4-7,11H2. The molecule has 1 saturated heterocycles. The summed E-state index contributed by atoms with van der Waals surface area (Å²) in [6.07, 6.45) is -2.66. The molecule has 2 N–H and O–H groups in total. The lowest BCUT2D eigenvalue weighted by Gasteiger charge is -2.26. The number of hydrogen-bond acceptors (Lipinski definition) is 5. The zero-order valence-corrected chi connectivity index (χ0v) is 16.2. The van der Waals surface area contributed by atoms with Gasteiger partial charge < -0.3 is 10.3 Å². The second-order valence-electron chi connectivity index (χ2n) is 7.13. The summed E-state index contributed by atoms with van der Waals surface area (Å²) in [6, 6.07) is 8.28. The lowest BCUT2D eigenvalue weighted by molar-refractivity contribution is -0.140. The number of halogens is 3. The molecule has 0 atom stereocenters. The Morgan fingerprint density at radius 1 is 1.14 bits per heavy atom. The Kier molecular flexibility index (Phi) is 4.53. The van der Waals surface area contributed by atoms with Crippen molar-refractivity contribution < 1.29 is 13.2 Å². The number of nitrogens with zero attached hydrogens (tertiary/aromatic N) is 3. The summed E-state index contributed by atoms with van der Waals surface area (Å²) in [5.41, 5.74) is 1.07. The normalized spacial score (nSPS) is 16.1. The lowest BCUT2D eigenvalue weighted by atomic mass is 10.1. The number of hydrogen-bond donors (Lipinski definition) is 2. The van der Waals surface area contributed by atoms with Crippen molar-refractivity contribution in [3.63, 3.8) is 0 Å². The van der Waals surface area contributed by atoms with Crippen molar-refractivity contribution in [2.75, 3.05) is 26.2 Å². The molecule has 4 aromatic rings. The molecule has 3 aromatic heterocycles. The molecule has 1 fully saturated rings. The summed E-state index contributed by atoms with van der Waals surface area (Å²) in [6.45, 7) is 4.90. The number of H-pyrrole nitrogens is 1. The SMILES string of the molecule is FC(F)(F)c1cc2c(-c3ncc4sc(CN5CCNCC5)cc4n3)cccc2[nH]1. The Hall–Kier alpha value is -2.49. The van der Waals surface area contributed by atoms with Crippen LogP contribution in [0.25, 0.3) is 32.5 Å². The van der Waals surface area contributed by atoms with Gasteiger partial charge in [-0.25, -0.2) is 9.97 Å². The molecule has 5 nitrogen and oxygen atoms in total. The summed E-state index contributed by atoms with van der Waals surface area (Å²) in [7, 11) is 0. The summed E-state index contributed by atoms with van der Waals surface area (Å²) in [5, 5.41) is 3.81. The highest BCUT2D eigenvalue weighted by atomic mass is 32.1.